The van der Waals surface area contributed by atoms with Crippen LogP contribution < -0.4 is 10.1 Å². The van der Waals surface area contributed by atoms with Crippen molar-refractivity contribution in [2.24, 2.45) is 5.41 Å². The molecule has 1 saturated carbocycles. The average molecular weight is 247 g/mol. The second-order valence-corrected chi connectivity index (χ2v) is 5.39. The number of ether oxygens (including phenoxy) is 1. The first-order chi connectivity index (χ1) is 8.79. The van der Waals surface area contributed by atoms with Crippen molar-refractivity contribution < 1.29 is 4.74 Å². The van der Waals surface area contributed by atoms with Crippen molar-refractivity contribution in [3.05, 3.63) is 29.8 Å². The van der Waals surface area contributed by atoms with Crippen molar-refractivity contribution in [3.63, 3.8) is 0 Å². The average Bonchev–Trinajstić information content (AvgIpc) is 3.12. The number of benzene rings is 1. The SMILES string of the molecule is CCCC1(CNCc2ccccc2OCC)CC1. The lowest BCUT2D eigenvalue weighted by Gasteiger charge is -2.16. The van der Waals surface area contributed by atoms with E-state index in [2.05, 4.69) is 30.4 Å². The van der Waals surface area contributed by atoms with Crippen LogP contribution in [0.25, 0.3) is 0 Å². The van der Waals surface area contributed by atoms with Gasteiger partial charge in [-0.25, -0.2) is 0 Å². The van der Waals surface area contributed by atoms with E-state index in [1.165, 1.54) is 31.2 Å². The fourth-order valence-electron chi connectivity index (χ4n) is 2.63. The number of para-hydroxylation sites is 1. The summed E-state index contributed by atoms with van der Waals surface area (Å²) >= 11 is 0. The Bertz CT molecular complexity index is 371. The molecule has 1 aliphatic carbocycles. The van der Waals surface area contributed by atoms with Crippen LogP contribution in [0.5, 0.6) is 5.75 Å². The van der Waals surface area contributed by atoms with Crippen LogP contribution in [-0.4, -0.2) is 13.2 Å². The minimum Gasteiger partial charge on any atom is -0.494 e. The Hall–Kier alpha value is -1.02. The lowest BCUT2D eigenvalue weighted by Crippen LogP contribution is -2.23. The number of nitrogens with one attached hydrogen (secondary N) is 1. The predicted octanol–water partition coefficient (Wildman–Crippen LogP) is 3.76. The fraction of sp³-hybridized carbons (Fsp3) is 0.625. The normalized spacial score (nSPS) is 16.6. The van der Waals surface area contributed by atoms with Gasteiger partial charge in [-0.2, -0.15) is 0 Å². The number of hydrogen-bond acceptors (Lipinski definition) is 2. The highest BCUT2D eigenvalue weighted by Crippen LogP contribution is 2.48. The van der Waals surface area contributed by atoms with Crippen LogP contribution in [-0.2, 0) is 6.54 Å². The minimum atomic E-state index is 0.620. The van der Waals surface area contributed by atoms with Crippen LogP contribution in [0.15, 0.2) is 24.3 Å². The Labute approximate surface area is 111 Å². The molecule has 2 heteroatoms. The van der Waals surface area contributed by atoms with Crippen molar-refractivity contribution in [2.75, 3.05) is 13.2 Å². The van der Waals surface area contributed by atoms with Gasteiger partial charge in [0.15, 0.2) is 0 Å². The fourth-order valence-corrected chi connectivity index (χ4v) is 2.63. The molecule has 2 nitrogen and oxygen atoms in total. The van der Waals surface area contributed by atoms with E-state index < -0.39 is 0 Å². The van der Waals surface area contributed by atoms with E-state index in [9.17, 15) is 0 Å². The Morgan fingerprint density at radius 2 is 2.00 bits per heavy atom. The smallest absolute Gasteiger partial charge is 0.123 e. The molecule has 100 valence electrons. The molecule has 1 aliphatic rings. The van der Waals surface area contributed by atoms with Gasteiger partial charge in [-0.1, -0.05) is 31.5 Å². The zero-order valence-corrected chi connectivity index (χ0v) is 11.7. The quantitative estimate of drug-likeness (QED) is 0.755. The molecule has 1 fully saturated rings. The van der Waals surface area contributed by atoms with E-state index in [-0.39, 0.29) is 0 Å². The van der Waals surface area contributed by atoms with Gasteiger partial charge < -0.3 is 10.1 Å². The summed E-state index contributed by atoms with van der Waals surface area (Å²) in [6.45, 7) is 7.12. The molecule has 0 bridgehead atoms. The van der Waals surface area contributed by atoms with Gasteiger partial charge in [0.25, 0.3) is 0 Å². The molecule has 18 heavy (non-hydrogen) atoms. The van der Waals surface area contributed by atoms with Crippen molar-refractivity contribution in [2.45, 2.75) is 46.1 Å². The molecule has 1 N–H and O–H groups in total. The molecule has 0 atom stereocenters. The third kappa shape index (κ3) is 3.49. The Kier molecular flexibility index (Phi) is 4.65. The van der Waals surface area contributed by atoms with E-state index in [1.807, 2.05) is 13.0 Å². The molecule has 1 aromatic carbocycles. The Morgan fingerprint density at radius 3 is 2.67 bits per heavy atom. The van der Waals surface area contributed by atoms with E-state index >= 15 is 0 Å². The van der Waals surface area contributed by atoms with Crippen LogP contribution in [0, 0.1) is 5.41 Å². The first-order valence-electron chi connectivity index (χ1n) is 7.21. The van der Waals surface area contributed by atoms with Crippen molar-refractivity contribution >= 4 is 0 Å². The van der Waals surface area contributed by atoms with Gasteiger partial charge in [0.1, 0.15) is 5.75 Å². The van der Waals surface area contributed by atoms with E-state index in [1.54, 1.807) is 0 Å². The van der Waals surface area contributed by atoms with Crippen LogP contribution in [0.4, 0.5) is 0 Å². The third-order valence-electron chi connectivity index (χ3n) is 3.83. The lowest BCUT2D eigenvalue weighted by atomic mass is 10.0. The van der Waals surface area contributed by atoms with Gasteiger partial charge in [0, 0.05) is 18.7 Å². The van der Waals surface area contributed by atoms with Crippen LogP contribution in [0.3, 0.4) is 0 Å². The molecular weight excluding hydrogens is 222 g/mol. The zero-order chi connectivity index (χ0) is 12.8. The second kappa shape index (κ2) is 6.24. The molecule has 0 aromatic heterocycles. The highest BCUT2D eigenvalue weighted by molar-refractivity contribution is 5.33. The van der Waals surface area contributed by atoms with Crippen molar-refractivity contribution in [3.8, 4) is 5.75 Å². The van der Waals surface area contributed by atoms with Gasteiger partial charge in [-0.3, -0.25) is 0 Å². The second-order valence-electron chi connectivity index (χ2n) is 5.39. The molecule has 0 radical (unpaired) electrons. The van der Waals surface area contributed by atoms with Crippen LogP contribution in [0.1, 0.15) is 45.1 Å². The van der Waals surface area contributed by atoms with Gasteiger partial charge in [0.05, 0.1) is 6.61 Å². The Balaban J connectivity index is 1.83. The third-order valence-corrected chi connectivity index (χ3v) is 3.83. The van der Waals surface area contributed by atoms with Crippen molar-refractivity contribution in [1.29, 1.82) is 0 Å². The summed E-state index contributed by atoms with van der Waals surface area (Å²) < 4.78 is 5.64. The first kappa shape index (κ1) is 13.4. The maximum atomic E-state index is 5.64. The topological polar surface area (TPSA) is 21.3 Å². The molecular formula is C16H25NO. The summed E-state index contributed by atoms with van der Waals surface area (Å²) in [4.78, 5) is 0. The summed E-state index contributed by atoms with van der Waals surface area (Å²) in [6.07, 6.45) is 5.48. The van der Waals surface area contributed by atoms with Crippen molar-refractivity contribution in [1.82, 2.24) is 5.32 Å². The summed E-state index contributed by atoms with van der Waals surface area (Å²) in [5, 5.41) is 3.61. The van der Waals surface area contributed by atoms with E-state index in [0.29, 0.717) is 5.41 Å². The summed E-state index contributed by atoms with van der Waals surface area (Å²) in [5.74, 6) is 1.02. The predicted molar refractivity (Wildman–Crippen MR) is 75.9 cm³/mol. The molecule has 0 saturated heterocycles. The Morgan fingerprint density at radius 1 is 1.22 bits per heavy atom. The van der Waals surface area contributed by atoms with E-state index in [4.69, 9.17) is 4.74 Å². The standard InChI is InChI=1S/C16H25NO/c1-3-9-16(10-11-16)13-17-12-14-7-5-6-8-15(14)18-4-2/h5-8,17H,3-4,9-13H2,1-2H3. The molecule has 0 unspecified atom stereocenters. The van der Waals surface area contributed by atoms with E-state index in [0.717, 1.165) is 25.4 Å². The maximum Gasteiger partial charge on any atom is 0.123 e. The molecule has 1 aromatic rings. The summed E-state index contributed by atoms with van der Waals surface area (Å²) in [7, 11) is 0. The molecule has 0 heterocycles. The molecule has 0 spiro atoms. The molecule has 0 aliphatic heterocycles. The summed E-state index contributed by atoms with van der Waals surface area (Å²) in [6, 6.07) is 8.32. The maximum absolute atomic E-state index is 5.64. The summed E-state index contributed by atoms with van der Waals surface area (Å²) in [5.41, 5.74) is 1.89. The first-order valence-corrected chi connectivity index (χ1v) is 7.21. The van der Waals surface area contributed by atoms with Gasteiger partial charge in [0.2, 0.25) is 0 Å². The highest BCUT2D eigenvalue weighted by atomic mass is 16.5. The number of rotatable bonds is 8. The lowest BCUT2D eigenvalue weighted by molar-refractivity contribution is 0.334. The van der Waals surface area contributed by atoms with Gasteiger partial charge >= 0.3 is 0 Å². The van der Waals surface area contributed by atoms with Gasteiger partial charge in [-0.05, 0) is 37.7 Å². The minimum absolute atomic E-state index is 0.620. The van der Waals surface area contributed by atoms with Gasteiger partial charge in [-0.15, -0.1) is 0 Å². The largest absolute Gasteiger partial charge is 0.494 e. The molecule has 2 rings (SSSR count). The molecule has 0 amide bonds. The monoisotopic (exact) mass is 247 g/mol. The zero-order valence-electron chi connectivity index (χ0n) is 11.7. The highest BCUT2D eigenvalue weighted by Gasteiger charge is 2.40. The van der Waals surface area contributed by atoms with Crippen LogP contribution in [0.2, 0.25) is 0 Å². The van der Waals surface area contributed by atoms with Crippen LogP contribution >= 0.6 is 0 Å². The number of hydrogen-bond donors (Lipinski definition) is 1.